The first-order valence-electron chi connectivity index (χ1n) is 10.0. The molecule has 1 heterocycles. The van der Waals surface area contributed by atoms with Gasteiger partial charge in [-0.1, -0.05) is 41.4 Å². The second-order valence-corrected chi connectivity index (χ2v) is 8.60. The lowest BCUT2D eigenvalue weighted by atomic mass is 9.97. The summed E-state index contributed by atoms with van der Waals surface area (Å²) in [5.41, 5.74) is 0.915. The summed E-state index contributed by atoms with van der Waals surface area (Å²) >= 11 is 11.3. The van der Waals surface area contributed by atoms with Crippen LogP contribution in [0.1, 0.15) is 11.1 Å². The highest BCUT2D eigenvalue weighted by Gasteiger charge is 2.34. The Balaban J connectivity index is 1.90. The van der Waals surface area contributed by atoms with Gasteiger partial charge in [-0.3, -0.25) is 0 Å². The summed E-state index contributed by atoms with van der Waals surface area (Å²) in [6.45, 7) is 0.0805. The van der Waals surface area contributed by atoms with Gasteiger partial charge in [0, 0.05) is 17.6 Å². The maximum atomic E-state index is 13.6. The molecule has 4 aromatic rings. The van der Waals surface area contributed by atoms with Gasteiger partial charge >= 0.3 is 6.18 Å². The average Bonchev–Trinajstić information content (AvgIpc) is 3.24. The molecule has 0 radical (unpaired) electrons. The van der Waals surface area contributed by atoms with Crippen molar-refractivity contribution in [2.75, 3.05) is 0 Å². The number of ether oxygens (including phenoxy) is 1. The van der Waals surface area contributed by atoms with Crippen LogP contribution < -0.4 is 8.92 Å². The molecule has 35 heavy (non-hydrogen) atoms. The third kappa shape index (κ3) is 5.52. The summed E-state index contributed by atoms with van der Waals surface area (Å²) in [4.78, 5) is 4.06. The molecule has 182 valence electrons. The molecule has 0 saturated carbocycles. The van der Waals surface area contributed by atoms with E-state index < -0.39 is 29.2 Å². The highest BCUT2D eigenvalue weighted by molar-refractivity contribution is 7.89. The van der Waals surface area contributed by atoms with E-state index in [1.165, 1.54) is 18.6 Å². The van der Waals surface area contributed by atoms with Gasteiger partial charge in [-0.05, 0) is 47.5 Å². The highest BCUT2D eigenvalue weighted by atomic mass is 35.5. The molecular formula is C24H16Cl2F4N2O2S. The van der Waals surface area contributed by atoms with Crippen molar-refractivity contribution in [3.05, 3.63) is 88.3 Å². The van der Waals surface area contributed by atoms with E-state index in [4.69, 9.17) is 32.1 Å². The van der Waals surface area contributed by atoms with E-state index in [2.05, 4.69) is 4.98 Å². The highest BCUT2D eigenvalue weighted by Crippen LogP contribution is 2.48. The van der Waals surface area contributed by atoms with Crippen LogP contribution in [0.4, 0.5) is 17.1 Å². The number of hydrogen-bond donors (Lipinski definition) is 0. The first-order valence-corrected chi connectivity index (χ1v) is 11.4. The number of halogens is 6. The van der Waals surface area contributed by atoms with Gasteiger partial charge in [0.2, 0.25) is 0 Å². The Hall–Kier alpha value is -2.88. The predicted molar refractivity (Wildman–Crippen MR) is 129 cm³/mol. The van der Waals surface area contributed by atoms with Gasteiger partial charge in [0.1, 0.15) is 12.4 Å². The molecule has 0 aliphatic heterocycles. The topological polar surface area (TPSA) is 36.3 Å². The van der Waals surface area contributed by atoms with Gasteiger partial charge in [-0.2, -0.15) is 13.2 Å². The standard InChI is InChI=1S/C24H16Cl2F4N2O2S/c1-32-13-31-11-20(32)17-7-9-21(33-12-14-2-5-16(25)6-3-14)22(23(17)34-35-30)15-4-8-19(26)18(10-15)24(27,28)29/h2-11,13H,12H2,1H3. The van der Waals surface area contributed by atoms with E-state index >= 15 is 0 Å². The van der Waals surface area contributed by atoms with Gasteiger partial charge < -0.3 is 13.5 Å². The zero-order chi connectivity index (χ0) is 25.2. The molecule has 0 fully saturated rings. The Kier molecular flexibility index (Phi) is 7.49. The van der Waals surface area contributed by atoms with Crippen LogP contribution in [-0.2, 0) is 19.8 Å². The minimum Gasteiger partial charge on any atom is -0.488 e. The van der Waals surface area contributed by atoms with Crippen LogP contribution in [0.25, 0.3) is 22.4 Å². The van der Waals surface area contributed by atoms with Crippen LogP contribution in [0.2, 0.25) is 10.0 Å². The second-order valence-electron chi connectivity index (χ2n) is 7.46. The van der Waals surface area contributed by atoms with Gasteiger partial charge in [0.15, 0.2) is 5.75 Å². The van der Waals surface area contributed by atoms with Crippen LogP contribution in [0, 0.1) is 0 Å². The molecule has 0 aliphatic carbocycles. The van der Waals surface area contributed by atoms with Crippen LogP contribution in [0.5, 0.6) is 11.5 Å². The summed E-state index contributed by atoms with van der Waals surface area (Å²) in [5, 5.41) is 0.0847. The Morgan fingerprint density at radius 3 is 2.40 bits per heavy atom. The lowest BCUT2D eigenvalue weighted by Crippen LogP contribution is -2.06. The van der Waals surface area contributed by atoms with Crippen molar-refractivity contribution in [1.82, 2.24) is 9.55 Å². The SMILES string of the molecule is Cn1cncc1-c1ccc(OCc2ccc(Cl)cc2)c(-c2ccc(Cl)c(C(F)(F)F)c2)c1OSF. The molecule has 0 saturated heterocycles. The number of rotatable bonds is 7. The van der Waals surface area contributed by atoms with E-state index in [-0.39, 0.29) is 29.2 Å². The Labute approximate surface area is 212 Å². The minimum atomic E-state index is -4.70. The fourth-order valence-electron chi connectivity index (χ4n) is 3.53. The molecule has 0 N–H and O–H groups in total. The lowest BCUT2D eigenvalue weighted by molar-refractivity contribution is -0.137. The van der Waals surface area contributed by atoms with Crippen molar-refractivity contribution in [3.63, 3.8) is 0 Å². The maximum Gasteiger partial charge on any atom is 0.417 e. The summed E-state index contributed by atoms with van der Waals surface area (Å²) in [6.07, 6.45) is -1.63. The Morgan fingerprint density at radius 1 is 1.03 bits per heavy atom. The maximum absolute atomic E-state index is 13.6. The smallest absolute Gasteiger partial charge is 0.417 e. The molecule has 0 aliphatic rings. The number of aryl methyl sites for hydroxylation is 1. The summed E-state index contributed by atoms with van der Waals surface area (Å²) in [7, 11) is 1.73. The fourth-order valence-corrected chi connectivity index (χ4v) is 4.12. The molecule has 0 atom stereocenters. The van der Waals surface area contributed by atoms with Crippen molar-refractivity contribution in [2.45, 2.75) is 12.8 Å². The molecule has 4 rings (SSSR count). The zero-order valence-corrected chi connectivity index (χ0v) is 20.3. The zero-order valence-electron chi connectivity index (χ0n) is 17.9. The van der Waals surface area contributed by atoms with E-state index in [0.717, 1.165) is 17.7 Å². The molecule has 0 unspecified atom stereocenters. The number of aromatic nitrogens is 2. The molecular weight excluding hydrogens is 527 g/mol. The molecule has 1 aromatic heterocycles. The number of hydrogen-bond acceptors (Lipinski definition) is 4. The predicted octanol–water partition coefficient (Wildman–Crippen LogP) is 8.57. The van der Waals surface area contributed by atoms with Gasteiger partial charge in [0.05, 0.1) is 34.4 Å². The average molecular weight is 543 g/mol. The number of benzene rings is 3. The first kappa shape index (κ1) is 25.2. The van der Waals surface area contributed by atoms with Gasteiger partial charge in [-0.15, -0.1) is 3.89 Å². The van der Waals surface area contributed by atoms with Crippen LogP contribution in [0.15, 0.2) is 67.1 Å². The van der Waals surface area contributed by atoms with Crippen molar-refractivity contribution in [1.29, 1.82) is 0 Å². The third-order valence-electron chi connectivity index (χ3n) is 5.19. The van der Waals surface area contributed by atoms with E-state index in [9.17, 15) is 17.1 Å². The largest absolute Gasteiger partial charge is 0.488 e. The molecule has 11 heteroatoms. The van der Waals surface area contributed by atoms with Crippen molar-refractivity contribution >= 4 is 35.6 Å². The van der Waals surface area contributed by atoms with Crippen molar-refractivity contribution in [2.24, 2.45) is 7.05 Å². The summed E-state index contributed by atoms with van der Waals surface area (Å²) < 4.78 is 67.2. The van der Waals surface area contributed by atoms with Gasteiger partial charge in [0.25, 0.3) is 12.4 Å². The quantitative estimate of drug-likeness (QED) is 0.173. The van der Waals surface area contributed by atoms with E-state index in [1.807, 2.05) is 0 Å². The molecule has 0 spiro atoms. The van der Waals surface area contributed by atoms with E-state index in [0.29, 0.717) is 16.3 Å². The van der Waals surface area contributed by atoms with Crippen LogP contribution in [-0.4, -0.2) is 9.55 Å². The molecule has 0 amide bonds. The first-order chi connectivity index (χ1) is 16.7. The van der Waals surface area contributed by atoms with Gasteiger partial charge in [-0.25, -0.2) is 4.98 Å². The third-order valence-corrected chi connectivity index (χ3v) is 6.01. The monoisotopic (exact) mass is 542 g/mol. The summed E-state index contributed by atoms with van der Waals surface area (Å²) in [6, 6.07) is 13.5. The van der Waals surface area contributed by atoms with Crippen molar-refractivity contribution in [3.8, 4) is 33.9 Å². The number of alkyl halides is 3. The number of nitrogens with zero attached hydrogens (tertiary/aromatic N) is 2. The minimum absolute atomic E-state index is 0.0230. The second kappa shape index (κ2) is 10.4. The van der Waals surface area contributed by atoms with Crippen LogP contribution >= 0.6 is 35.6 Å². The Morgan fingerprint density at radius 2 is 1.77 bits per heavy atom. The lowest BCUT2D eigenvalue weighted by Gasteiger charge is -2.19. The summed E-state index contributed by atoms with van der Waals surface area (Å²) in [5.74, 6) is 0.163. The molecule has 4 nitrogen and oxygen atoms in total. The van der Waals surface area contributed by atoms with E-state index in [1.54, 1.807) is 48.0 Å². The molecule has 3 aromatic carbocycles. The van der Waals surface area contributed by atoms with Crippen molar-refractivity contribution < 1.29 is 26.0 Å². The van der Waals surface area contributed by atoms with Crippen LogP contribution in [0.3, 0.4) is 0 Å². The fraction of sp³-hybridized carbons (Fsp3) is 0.125. The Bertz CT molecular complexity index is 1340. The normalized spacial score (nSPS) is 11.5. The molecule has 0 bridgehead atoms. The number of imidazole rings is 1.